The first-order valence-electron chi connectivity index (χ1n) is 7.38. The van der Waals surface area contributed by atoms with Gasteiger partial charge in [-0.15, -0.1) is 0 Å². The van der Waals surface area contributed by atoms with Crippen LogP contribution in [0, 0.1) is 6.92 Å². The summed E-state index contributed by atoms with van der Waals surface area (Å²) in [6.45, 7) is 3.10. The number of anilines is 1. The van der Waals surface area contributed by atoms with Gasteiger partial charge in [-0.3, -0.25) is 4.79 Å². The van der Waals surface area contributed by atoms with Crippen LogP contribution in [0.5, 0.6) is 0 Å². The minimum Gasteiger partial charge on any atom is -0.744 e. The molecular formula is C17H17BrNNaO5S. The normalized spacial score (nSPS) is 12.3. The van der Waals surface area contributed by atoms with E-state index in [0.29, 0.717) is 11.3 Å². The van der Waals surface area contributed by atoms with Crippen molar-refractivity contribution in [1.29, 1.82) is 0 Å². The molecule has 0 unspecified atom stereocenters. The molecule has 2 aromatic rings. The van der Waals surface area contributed by atoms with Gasteiger partial charge in [0.1, 0.15) is 10.1 Å². The van der Waals surface area contributed by atoms with Gasteiger partial charge >= 0.3 is 29.6 Å². The summed E-state index contributed by atoms with van der Waals surface area (Å²) in [6, 6.07) is 12.3. The number of halogens is 1. The first-order chi connectivity index (χ1) is 11.8. The van der Waals surface area contributed by atoms with Crippen LogP contribution >= 0.6 is 15.9 Å². The molecule has 6 nitrogen and oxygen atoms in total. The number of hydrogen-bond acceptors (Lipinski definition) is 5. The Morgan fingerprint density at radius 1 is 1.19 bits per heavy atom. The zero-order chi connectivity index (χ0) is 18.4. The van der Waals surface area contributed by atoms with E-state index in [2.05, 4.69) is 33.4 Å². The SMILES string of the molecule is Cc1cc(NC(=O)CBr)ccc1S(=O)(=O)[O-].[Na+].c1ccc2c(c1)COC2. The van der Waals surface area contributed by atoms with E-state index in [9.17, 15) is 17.8 Å². The molecule has 0 spiro atoms. The standard InChI is InChI=1S/C9H10BrNO4S.C8H8O.Na/c1-6-4-7(11-9(12)5-10)2-3-8(6)16(13,14)15;1-2-4-8-6-9-5-7(8)3-1;/h2-4H,5H2,1H3,(H,11,12)(H,13,14,15);1-4H,5-6H2;/q;;+1/p-1. The van der Waals surface area contributed by atoms with Crippen molar-refractivity contribution in [3.63, 3.8) is 0 Å². The maximum atomic E-state index is 11.0. The first kappa shape index (κ1) is 23.3. The van der Waals surface area contributed by atoms with Crippen molar-refractivity contribution in [1.82, 2.24) is 0 Å². The quantitative estimate of drug-likeness (QED) is 0.402. The largest absolute Gasteiger partial charge is 1.00 e. The van der Waals surface area contributed by atoms with Crippen molar-refractivity contribution in [3.05, 3.63) is 59.2 Å². The molecule has 26 heavy (non-hydrogen) atoms. The molecule has 0 saturated heterocycles. The summed E-state index contributed by atoms with van der Waals surface area (Å²) < 4.78 is 37.6. The molecular weight excluding hydrogens is 433 g/mol. The Bertz CT molecular complexity index is 850. The molecule has 134 valence electrons. The second kappa shape index (κ2) is 10.6. The number of rotatable bonds is 3. The minimum atomic E-state index is -4.46. The van der Waals surface area contributed by atoms with E-state index < -0.39 is 10.1 Å². The Hall–Kier alpha value is -0.740. The average Bonchev–Trinajstić information content (AvgIpc) is 3.02. The Kier molecular flexibility index (Phi) is 9.46. The summed E-state index contributed by atoms with van der Waals surface area (Å²) in [5.41, 5.74) is 3.45. The Morgan fingerprint density at radius 2 is 1.77 bits per heavy atom. The van der Waals surface area contributed by atoms with E-state index in [1.165, 1.54) is 36.2 Å². The molecule has 1 heterocycles. The van der Waals surface area contributed by atoms with Crippen molar-refractivity contribution in [2.75, 3.05) is 10.6 Å². The molecule has 1 amide bonds. The number of nitrogens with one attached hydrogen (secondary N) is 1. The molecule has 9 heteroatoms. The van der Waals surface area contributed by atoms with Crippen molar-refractivity contribution < 1.29 is 52.1 Å². The molecule has 0 radical (unpaired) electrons. The van der Waals surface area contributed by atoms with E-state index in [4.69, 9.17) is 4.74 Å². The fraction of sp³-hybridized carbons (Fsp3) is 0.235. The summed E-state index contributed by atoms with van der Waals surface area (Å²) in [6.07, 6.45) is 0. The molecule has 3 rings (SSSR count). The van der Waals surface area contributed by atoms with Gasteiger partial charge in [-0.25, -0.2) is 8.42 Å². The van der Waals surface area contributed by atoms with Gasteiger partial charge in [-0.05, 0) is 41.8 Å². The van der Waals surface area contributed by atoms with Crippen molar-refractivity contribution in [3.8, 4) is 0 Å². The maximum Gasteiger partial charge on any atom is 1.00 e. The molecule has 1 aliphatic rings. The third kappa shape index (κ3) is 6.77. The minimum absolute atomic E-state index is 0. The monoisotopic (exact) mass is 449 g/mol. The van der Waals surface area contributed by atoms with Gasteiger partial charge in [0.05, 0.1) is 23.4 Å². The smallest absolute Gasteiger partial charge is 0.744 e. The topological polar surface area (TPSA) is 95.5 Å². The van der Waals surface area contributed by atoms with E-state index in [-0.39, 0.29) is 45.7 Å². The molecule has 0 aromatic heterocycles. The number of aryl methyl sites for hydroxylation is 1. The van der Waals surface area contributed by atoms with Crippen LogP contribution in [0.25, 0.3) is 0 Å². The molecule has 0 aliphatic carbocycles. The Morgan fingerprint density at radius 3 is 2.23 bits per heavy atom. The van der Waals surface area contributed by atoms with E-state index in [1.54, 1.807) is 0 Å². The summed E-state index contributed by atoms with van der Waals surface area (Å²) in [5.74, 6) is -0.253. The average molecular weight is 450 g/mol. The van der Waals surface area contributed by atoms with Crippen molar-refractivity contribution in [2.24, 2.45) is 0 Å². The third-order valence-corrected chi connectivity index (χ3v) is 4.99. The molecule has 1 N–H and O–H groups in total. The van der Waals surface area contributed by atoms with E-state index >= 15 is 0 Å². The summed E-state index contributed by atoms with van der Waals surface area (Å²) >= 11 is 2.98. The fourth-order valence-corrected chi connectivity index (χ4v) is 3.14. The molecule has 1 aliphatic heterocycles. The summed E-state index contributed by atoms with van der Waals surface area (Å²) in [5, 5.41) is 2.67. The van der Waals surface area contributed by atoms with Gasteiger partial charge in [0.15, 0.2) is 0 Å². The van der Waals surface area contributed by atoms with Crippen LogP contribution in [0.3, 0.4) is 0 Å². The summed E-state index contributed by atoms with van der Waals surface area (Å²) in [4.78, 5) is 10.8. The van der Waals surface area contributed by atoms with Crippen LogP contribution in [-0.4, -0.2) is 24.2 Å². The fourth-order valence-electron chi connectivity index (χ4n) is 2.31. The number of carbonyl (C=O) groups is 1. The number of amides is 1. The Labute approximate surface area is 183 Å². The molecule has 0 bridgehead atoms. The van der Waals surface area contributed by atoms with E-state index in [0.717, 1.165) is 13.2 Å². The van der Waals surface area contributed by atoms with Gasteiger partial charge in [0.2, 0.25) is 5.91 Å². The molecule has 0 saturated carbocycles. The molecule has 2 aromatic carbocycles. The number of ether oxygens (including phenoxy) is 1. The van der Waals surface area contributed by atoms with Gasteiger partial charge in [-0.1, -0.05) is 40.2 Å². The number of fused-ring (bicyclic) bond motifs is 1. The number of hydrogen-bond donors (Lipinski definition) is 1. The van der Waals surface area contributed by atoms with Gasteiger partial charge in [-0.2, -0.15) is 0 Å². The predicted octanol–water partition coefficient (Wildman–Crippen LogP) is -0.0467. The first-order valence-corrected chi connectivity index (χ1v) is 9.91. The zero-order valence-electron chi connectivity index (χ0n) is 14.5. The Balaban J connectivity index is 0.000000284. The van der Waals surface area contributed by atoms with Crippen LogP contribution in [0.2, 0.25) is 0 Å². The number of benzene rings is 2. The number of carbonyl (C=O) groups excluding carboxylic acids is 1. The second-order valence-electron chi connectivity index (χ2n) is 5.38. The number of alkyl halides is 1. The van der Waals surface area contributed by atoms with Gasteiger partial charge < -0.3 is 14.6 Å². The predicted molar refractivity (Wildman–Crippen MR) is 96.5 cm³/mol. The summed E-state index contributed by atoms with van der Waals surface area (Å²) in [7, 11) is -4.46. The van der Waals surface area contributed by atoms with Crippen LogP contribution in [0.1, 0.15) is 16.7 Å². The third-order valence-electron chi connectivity index (χ3n) is 3.48. The van der Waals surface area contributed by atoms with Crippen LogP contribution < -0.4 is 34.9 Å². The second-order valence-corrected chi connectivity index (χ2v) is 7.29. The molecule has 0 atom stereocenters. The van der Waals surface area contributed by atoms with Crippen molar-refractivity contribution in [2.45, 2.75) is 25.0 Å². The van der Waals surface area contributed by atoms with E-state index in [1.807, 2.05) is 12.1 Å². The van der Waals surface area contributed by atoms with Crippen molar-refractivity contribution >= 4 is 37.6 Å². The van der Waals surface area contributed by atoms with Crippen LogP contribution in [-0.2, 0) is 32.9 Å². The molecule has 0 fully saturated rings. The van der Waals surface area contributed by atoms with Crippen LogP contribution in [0.4, 0.5) is 5.69 Å². The maximum absolute atomic E-state index is 11.0. The van der Waals surface area contributed by atoms with Gasteiger partial charge in [0, 0.05) is 5.69 Å². The van der Waals surface area contributed by atoms with Crippen LogP contribution in [0.15, 0.2) is 47.4 Å². The zero-order valence-corrected chi connectivity index (χ0v) is 18.9. The van der Waals surface area contributed by atoms with Gasteiger partial charge in [0.25, 0.3) is 0 Å².